The van der Waals surface area contributed by atoms with E-state index in [1.54, 1.807) is 4.57 Å². The molecule has 3 rings (SSSR count). The molecular formula is C14H16N2O3. The smallest absolute Gasteiger partial charge is 0.326 e. The summed E-state index contributed by atoms with van der Waals surface area (Å²) in [7, 11) is 0. The molecule has 1 fully saturated rings. The number of H-pyrrole nitrogens is 1. The second-order valence-electron chi connectivity index (χ2n) is 5.16. The van der Waals surface area contributed by atoms with E-state index in [2.05, 4.69) is 4.98 Å². The maximum atomic E-state index is 12.0. The Bertz CT molecular complexity index is 663. The number of aromatic amines is 1. The Hall–Kier alpha value is -2.04. The number of hydrogen-bond acceptors (Lipinski definition) is 2. The Morgan fingerprint density at radius 3 is 2.58 bits per heavy atom. The number of carboxylic acids is 1. The highest BCUT2D eigenvalue weighted by Gasteiger charge is 2.28. The summed E-state index contributed by atoms with van der Waals surface area (Å²) in [6, 6.07) is 7.73. The Kier molecular flexibility index (Phi) is 2.89. The van der Waals surface area contributed by atoms with E-state index in [4.69, 9.17) is 5.11 Å². The van der Waals surface area contributed by atoms with Gasteiger partial charge in [-0.3, -0.25) is 9.36 Å². The van der Waals surface area contributed by atoms with Crippen LogP contribution in [0.5, 0.6) is 0 Å². The topological polar surface area (TPSA) is 75.1 Å². The normalized spacial score (nSPS) is 23.6. The van der Waals surface area contributed by atoms with Gasteiger partial charge in [-0.05, 0) is 37.8 Å². The summed E-state index contributed by atoms with van der Waals surface area (Å²) < 4.78 is 1.79. The Morgan fingerprint density at radius 2 is 1.89 bits per heavy atom. The van der Waals surface area contributed by atoms with Gasteiger partial charge in [-0.15, -0.1) is 0 Å². The quantitative estimate of drug-likeness (QED) is 0.868. The lowest BCUT2D eigenvalue weighted by Gasteiger charge is -2.26. The number of carboxylic acid groups (broad SMARTS) is 1. The first-order valence-electron chi connectivity index (χ1n) is 6.59. The molecule has 1 aliphatic carbocycles. The third-order valence-corrected chi connectivity index (χ3v) is 4.04. The van der Waals surface area contributed by atoms with E-state index >= 15 is 0 Å². The molecule has 100 valence electrons. The van der Waals surface area contributed by atoms with Crippen LogP contribution in [0.4, 0.5) is 0 Å². The molecule has 0 bridgehead atoms. The van der Waals surface area contributed by atoms with E-state index in [-0.39, 0.29) is 17.6 Å². The molecule has 1 aromatic carbocycles. The van der Waals surface area contributed by atoms with Crippen molar-refractivity contribution in [3.63, 3.8) is 0 Å². The molecule has 1 saturated carbocycles. The average molecular weight is 260 g/mol. The zero-order valence-electron chi connectivity index (χ0n) is 10.5. The molecule has 0 radical (unpaired) electrons. The predicted molar refractivity (Wildman–Crippen MR) is 71.2 cm³/mol. The molecule has 0 amide bonds. The highest BCUT2D eigenvalue weighted by Crippen LogP contribution is 2.33. The van der Waals surface area contributed by atoms with E-state index in [1.807, 2.05) is 24.3 Å². The van der Waals surface area contributed by atoms with Gasteiger partial charge in [-0.2, -0.15) is 0 Å². The third kappa shape index (κ3) is 2.05. The van der Waals surface area contributed by atoms with Crippen LogP contribution in [0.25, 0.3) is 11.0 Å². The lowest BCUT2D eigenvalue weighted by atomic mass is 9.86. The van der Waals surface area contributed by atoms with Crippen LogP contribution in [-0.4, -0.2) is 20.6 Å². The Balaban J connectivity index is 1.92. The highest BCUT2D eigenvalue weighted by atomic mass is 16.4. The lowest BCUT2D eigenvalue weighted by molar-refractivity contribution is -0.143. The summed E-state index contributed by atoms with van der Waals surface area (Å²) in [6.45, 7) is 0. The van der Waals surface area contributed by atoms with Crippen LogP contribution in [0.1, 0.15) is 31.7 Å². The van der Waals surface area contributed by atoms with Gasteiger partial charge in [0.05, 0.1) is 17.0 Å². The van der Waals surface area contributed by atoms with Gasteiger partial charge in [0, 0.05) is 6.04 Å². The number of fused-ring (bicyclic) bond motifs is 1. The van der Waals surface area contributed by atoms with Gasteiger partial charge in [0.15, 0.2) is 0 Å². The number of carbonyl (C=O) groups is 1. The van der Waals surface area contributed by atoms with Gasteiger partial charge in [0.2, 0.25) is 0 Å². The van der Waals surface area contributed by atoms with Gasteiger partial charge >= 0.3 is 11.7 Å². The van der Waals surface area contributed by atoms with Crippen LogP contribution >= 0.6 is 0 Å². The average Bonchev–Trinajstić information content (AvgIpc) is 2.74. The van der Waals surface area contributed by atoms with Gasteiger partial charge in [0.1, 0.15) is 0 Å². The largest absolute Gasteiger partial charge is 0.481 e. The van der Waals surface area contributed by atoms with Gasteiger partial charge in [-0.25, -0.2) is 4.79 Å². The van der Waals surface area contributed by atoms with Crippen LogP contribution in [-0.2, 0) is 4.79 Å². The fourth-order valence-electron chi connectivity index (χ4n) is 3.02. The molecule has 1 aliphatic rings. The number of aliphatic carboxylic acids is 1. The standard InChI is InChI=1S/C14H16N2O3/c17-13(18)9-5-7-10(8-6-9)16-12-4-2-1-3-11(12)15-14(16)19/h1-4,9-10H,5-8H2,(H,15,19)(H,17,18)/t9-,10+. The number of nitrogens with one attached hydrogen (secondary N) is 1. The molecular weight excluding hydrogens is 244 g/mol. The fraction of sp³-hybridized carbons (Fsp3) is 0.429. The van der Waals surface area contributed by atoms with Gasteiger partial charge < -0.3 is 10.1 Å². The van der Waals surface area contributed by atoms with Crippen LogP contribution in [0.3, 0.4) is 0 Å². The monoisotopic (exact) mass is 260 g/mol. The van der Waals surface area contributed by atoms with Gasteiger partial charge in [-0.1, -0.05) is 12.1 Å². The molecule has 5 nitrogen and oxygen atoms in total. The molecule has 19 heavy (non-hydrogen) atoms. The van der Waals surface area contributed by atoms with Crippen molar-refractivity contribution < 1.29 is 9.90 Å². The summed E-state index contributed by atoms with van der Waals surface area (Å²) in [5.74, 6) is -0.970. The molecule has 1 aromatic heterocycles. The molecule has 2 N–H and O–H groups in total. The van der Waals surface area contributed by atoms with Crippen molar-refractivity contribution in [3.05, 3.63) is 34.7 Å². The number of hydrogen-bond donors (Lipinski definition) is 2. The van der Waals surface area contributed by atoms with E-state index in [9.17, 15) is 9.59 Å². The molecule has 0 aliphatic heterocycles. The van der Waals surface area contributed by atoms with Gasteiger partial charge in [0.25, 0.3) is 0 Å². The van der Waals surface area contributed by atoms with Crippen molar-refractivity contribution in [1.82, 2.24) is 9.55 Å². The summed E-state index contributed by atoms with van der Waals surface area (Å²) >= 11 is 0. The second kappa shape index (κ2) is 4.57. The molecule has 1 heterocycles. The van der Waals surface area contributed by atoms with Crippen molar-refractivity contribution in [2.75, 3.05) is 0 Å². The van der Waals surface area contributed by atoms with Crippen LogP contribution in [0.15, 0.2) is 29.1 Å². The first-order valence-corrected chi connectivity index (χ1v) is 6.59. The molecule has 0 unspecified atom stereocenters. The zero-order valence-corrected chi connectivity index (χ0v) is 10.5. The lowest BCUT2D eigenvalue weighted by Crippen LogP contribution is -2.28. The number of rotatable bonds is 2. The van der Waals surface area contributed by atoms with E-state index in [0.717, 1.165) is 23.9 Å². The van der Waals surface area contributed by atoms with Crippen LogP contribution in [0, 0.1) is 5.92 Å². The SMILES string of the molecule is O=c1[nH]c2ccccc2n1[C@H]1CC[C@@H](C(=O)O)CC1. The van der Waals surface area contributed by atoms with Crippen molar-refractivity contribution in [2.45, 2.75) is 31.7 Å². The first-order chi connectivity index (χ1) is 9.16. The van der Waals surface area contributed by atoms with Crippen molar-refractivity contribution >= 4 is 17.0 Å². The molecule has 2 aromatic rings. The first kappa shape index (κ1) is 12.0. The van der Waals surface area contributed by atoms with Crippen molar-refractivity contribution in [2.24, 2.45) is 5.92 Å². The molecule has 0 atom stereocenters. The number of para-hydroxylation sites is 2. The zero-order chi connectivity index (χ0) is 13.4. The summed E-state index contributed by atoms with van der Waals surface area (Å²) in [5.41, 5.74) is 1.65. The number of benzene rings is 1. The number of nitrogens with zero attached hydrogens (tertiary/aromatic N) is 1. The van der Waals surface area contributed by atoms with Crippen molar-refractivity contribution in [1.29, 1.82) is 0 Å². The minimum absolute atomic E-state index is 0.0972. The van der Waals surface area contributed by atoms with E-state index in [0.29, 0.717) is 12.8 Å². The minimum atomic E-state index is -0.718. The molecule has 0 spiro atoms. The Morgan fingerprint density at radius 1 is 1.21 bits per heavy atom. The minimum Gasteiger partial charge on any atom is -0.481 e. The van der Waals surface area contributed by atoms with Crippen molar-refractivity contribution in [3.8, 4) is 0 Å². The summed E-state index contributed by atoms with van der Waals surface area (Å²) in [4.78, 5) is 25.8. The fourth-order valence-corrected chi connectivity index (χ4v) is 3.02. The van der Waals surface area contributed by atoms with E-state index < -0.39 is 5.97 Å². The molecule has 5 heteroatoms. The Labute approximate surface area is 109 Å². The highest BCUT2D eigenvalue weighted by molar-refractivity contribution is 5.75. The number of imidazole rings is 1. The maximum Gasteiger partial charge on any atom is 0.326 e. The van der Waals surface area contributed by atoms with Crippen LogP contribution < -0.4 is 5.69 Å². The predicted octanol–water partition coefficient (Wildman–Crippen LogP) is 2.15. The third-order valence-electron chi connectivity index (χ3n) is 4.04. The molecule has 0 saturated heterocycles. The number of aromatic nitrogens is 2. The summed E-state index contributed by atoms with van der Waals surface area (Å²) in [6.07, 6.45) is 2.79. The van der Waals surface area contributed by atoms with E-state index in [1.165, 1.54) is 0 Å². The summed E-state index contributed by atoms with van der Waals surface area (Å²) in [5, 5.41) is 9.01. The maximum absolute atomic E-state index is 12.0. The second-order valence-corrected chi connectivity index (χ2v) is 5.16. The van der Waals surface area contributed by atoms with Crippen LogP contribution in [0.2, 0.25) is 0 Å².